The molecule has 0 saturated carbocycles. The topological polar surface area (TPSA) is 67.4 Å². The van der Waals surface area contributed by atoms with Gasteiger partial charge in [0.25, 0.3) is 0 Å². The average molecular weight is 278 g/mol. The highest BCUT2D eigenvalue weighted by molar-refractivity contribution is 5.90. The number of hydrogen-bond donors (Lipinski definition) is 2. The van der Waals surface area contributed by atoms with Crippen LogP contribution in [0.15, 0.2) is 24.3 Å². The van der Waals surface area contributed by atoms with Crippen LogP contribution in [0.25, 0.3) is 0 Å². The van der Waals surface area contributed by atoms with Gasteiger partial charge in [-0.25, -0.2) is 0 Å². The minimum Gasteiger partial charge on any atom is -0.466 e. The third-order valence-electron chi connectivity index (χ3n) is 2.76. The van der Waals surface area contributed by atoms with Crippen LogP contribution in [0, 0.1) is 0 Å². The number of aryl methyl sites for hydroxylation is 1. The minimum atomic E-state index is -0.183. The highest BCUT2D eigenvalue weighted by Gasteiger charge is 2.04. The summed E-state index contributed by atoms with van der Waals surface area (Å²) >= 11 is 0. The number of benzene rings is 1. The van der Waals surface area contributed by atoms with Crippen LogP contribution in [-0.4, -0.2) is 32.1 Å². The van der Waals surface area contributed by atoms with Crippen molar-refractivity contribution in [1.29, 1.82) is 0 Å². The highest BCUT2D eigenvalue weighted by Crippen LogP contribution is 2.11. The summed E-state index contributed by atoms with van der Waals surface area (Å²) in [6.07, 6.45) is 1.47. The summed E-state index contributed by atoms with van der Waals surface area (Å²) in [7, 11) is 1.81. The molecule has 0 aliphatic heterocycles. The number of esters is 1. The molecule has 0 spiro atoms. The van der Waals surface area contributed by atoms with Gasteiger partial charge in [0, 0.05) is 25.1 Å². The van der Waals surface area contributed by atoms with E-state index >= 15 is 0 Å². The number of carbonyl (C=O) groups is 2. The lowest BCUT2D eigenvalue weighted by Gasteiger charge is -2.06. The van der Waals surface area contributed by atoms with E-state index in [0.29, 0.717) is 32.4 Å². The molecule has 0 fully saturated rings. The first-order chi connectivity index (χ1) is 9.65. The summed E-state index contributed by atoms with van der Waals surface area (Å²) < 4.78 is 4.88. The van der Waals surface area contributed by atoms with Gasteiger partial charge in [-0.05, 0) is 38.1 Å². The molecule has 1 aromatic rings. The molecule has 20 heavy (non-hydrogen) atoms. The second-order valence-electron chi connectivity index (χ2n) is 4.40. The van der Waals surface area contributed by atoms with Crippen LogP contribution in [0.5, 0.6) is 0 Å². The van der Waals surface area contributed by atoms with E-state index in [2.05, 4.69) is 10.6 Å². The van der Waals surface area contributed by atoms with Crippen LogP contribution < -0.4 is 10.6 Å². The van der Waals surface area contributed by atoms with Crippen LogP contribution in [0.4, 0.5) is 5.69 Å². The first kappa shape index (κ1) is 16.2. The Balaban J connectivity index is 2.40. The maximum atomic E-state index is 11.5. The number of rotatable bonds is 8. The summed E-state index contributed by atoms with van der Waals surface area (Å²) in [6, 6.07) is 7.51. The van der Waals surface area contributed by atoms with E-state index in [1.807, 2.05) is 31.3 Å². The molecule has 0 aliphatic carbocycles. The van der Waals surface area contributed by atoms with Gasteiger partial charge in [-0.15, -0.1) is 0 Å². The minimum absolute atomic E-state index is 0.0152. The maximum absolute atomic E-state index is 11.5. The maximum Gasteiger partial charge on any atom is 0.306 e. The van der Waals surface area contributed by atoms with Gasteiger partial charge in [-0.1, -0.05) is 12.1 Å². The van der Waals surface area contributed by atoms with Gasteiger partial charge in [0.05, 0.1) is 6.61 Å². The molecule has 110 valence electrons. The van der Waals surface area contributed by atoms with E-state index in [0.717, 1.165) is 11.3 Å². The van der Waals surface area contributed by atoms with Crippen molar-refractivity contribution in [2.75, 3.05) is 25.5 Å². The molecule has 0 radical (unpaired) electrons. The number of carbonyl (C=O) groups excluding carboxylic acids is 2. The molecule has 1 rings (SSSR count). The van der Waals surface area contributed by atoms with E-state index in [4.69, 9.17) is 4.74 Å². The van der Waals surface area contributed by atoms with Crippen molar-refractivity contribution in [2.24, 2.45) is 0 Å². The molecule has 0 heterocycles. The molecule has 0 unspecified atom stereocenters. The van der Waals surface area contributed by atoms with Crippen molar-refractivity contribution in [3.8, 4) is 0 Å². The zero-order valence-corrected chi connectivity index (χ0v) is 12.1. The Morgan fingerprint density at radius 2 is 1.85 bits per heavy atom. The largest absolute Gasteiger partial charge is 0.466 e. The van der Waals surface area contributed by atoms with E-state index in [-0.39, 0.29) is 11.9 Å². The fraction of sp³-hybridized carbons (Fsp3) is 0.467. The van der Waals surface area contributed by atoms with Crippen molar-refractivity contribution >= 4 is 17.6 Å². The Morgan fingerprint density at radius 3 is 2.45 bits per heavy atom. The van der Waals surface area contributed by atoms with Crippen LogP contribution >= 0.6 is 0 Å². The predicted octanol–water partition coefficient (Wildman–Crippen LogP) is 1.73. The normalized spacial score (nSPS) is 10.1. The number of nitrogens with one attached hydrogen (secondary N) is 2. The lowest BCUT2D eigenvalue weighted by Crippen LogP contribution is -2.18. The molecule has 1 aromatic carbocycles. The van der Waals surface area contributed by atoms with E-state index < -0.39 is 0 Å². The lowest BCUT2D eigenvalue weighted by molar-refractivity contribution is -0.143. The lowest BCUT2D eigenvalue weighted by atomic mass is 10.1. The fourth-order valence-corrected chi connectivity index (χ4v) is 1.70. The van der Waals surface area contributed by atoms with Gasteiger partial charge in [-0.2, -0.15) is 0 Å². The molecule has 5 heteroatoms. The molecule has 2 N–H and O–H groups in total. The molecule has 5 nitrogen and oxygen atoms in total. The second kappa shape index (κ2) is 9.09. The van der Waals surface area contributed by atoms with Crippen molar-refractivity contribution in [1.82, 2.24) is 5.32 Å². The SMILES string of the molecule is CCOC(=O)CCc1ccc(NC(=O)CCNC)cc1. The molecule has 0 atom stereocenters. The Bertz CT molecular complexity index is 429. The Kier molecular flexibility index (Phi) is 7.35. The molecular formula is C15H22N2O3. The van der Waals surface area contributed by atoms with Crippen molar-refractivity contribution < 1.29 is 14.3 Å². The Labute approximate surface area is 119 Å². The van der Waals surface area contributed by atoms with E-state index in [1.165, 1.54) is 0 Å². The van der Waals surface area contributed by atoms with Gasteiger partial charge in [-0.3, -0.25) is 9.59 Å². The first-order valence-corrected chi connectivity index (χ1v) is 6.84. The number of anilines is 1. The predicted molar refractivity (Wildman–Crippen MR) is 78.6 cm³/mol. The molecule has 0 aliphatic rings. The van der Waals surface area contributed by atoms with Crippen LogP contribution in [0.1, 0.15) is 25.3 Å². The molecule has 0 aromatic heterocycles. The number of amides is 1. The van der Waals surface area contributed by atoms with Gasteiger partial charge >= 0.3 is 5.97 Å². The summed E-state index contributed by atoms with van der Waals surface area (Å²) in [5.41, 5.74) is 1.82. The third-order valence-corrected chi connectivity index (χ3v) is 2.76. The number of hydrogen-bond acceptors (Lipinski definition) is 4. The smallest absolute Gasteiger partial charge is 0.306 e. The quantitative estimate of drug-likeness (QED) is 0.711. The van der Waals surface area contributed by atoms with Gasteiger partial charge in [0.2, 0.25) is 5.91 Å². The van der Waals surface area contributed by atoms with Gasteiger partial charge in [0.15, 0.2) is 0 Å². The second-order valence-corrected chi connectivity index (χ2v) is 4.40. The summed E-state index contributed by atoms with van der Waals surface area (Å²) in [6.45, 7) is 2.86. The first-order valence-electron chi connectivity index (χ1n) is 6.84. The van der Waals surface area contributed by atoms with Gasteiger partial charge < -0.3 is 15.4 Å². The molecular weight excluding hydrogens is 256 g/mol. The standard InChI is InChI=1S/C15H22N2O3/c1-3-20-15(19)9-6-12-4-7-13(8-5-12)17-14(18)10-11-16-2/h4-5,7-8,16H,3,6,9-11H2,1-2H3,(H,17,18). The highest BCUT2D eigenvalue weighted by atomic mass is 16.5. The average Bonchev–Trinajstić information content (AvgIpc) is 2.45. The molecule has 0 bridgehead atoms. The summed E-state index contributed by atoms with van der Waals surface area (Å²) in [5, 5.41) is 5.75. The third kappa shape index (κ3) is 6.33. The van der Waals surface area contributed by atoms with E-state index in [9.17, 15) is 9.59 Å². The Hall–Kier alpha value is -1.88. The number of ether oxygens (including phenoxy) is 1. The van der Waals surface area contributed by atoms with Crippen molar-refractivity contribution in [3.63, 3.8) is 0 Å². The Morgan fingerprint density at radius 1 is 1.15 bits per heavy atom. The zero-order chi connectivity index (χ0) is 14.8. The fourth-order valence-electron chi connectivity index (χ4n) is 1.70. The van der Waals surface area contributed by atoms with E-state index in [1.54, 1.807) is 6.92 Å². The van der Waals surface area contributed by atoms with Crippen molar-refractivity contribution in [2.45, 2.75) is 26.2 Å². The van der Waals surface area contributed by atoms with Crippen molar-refractivity contribution in [3.05, 3.63) is 29.8 Å². The zero-order valence-electron chi connectivity index (χ0n) is 12.1. The molecule has 0 saturated heterocycles. The van der Waals surface area contributed by atoms with Crippen LogP contribution in [0.2, 0.25) is 0 Å². The van der Waals surface area contributed by atoms with Crippen LogP contribution in [-0.2, 0) is 20.7 Å². The summed E-state index contributed by atoms with van der Waals surface area (Å²) in [4.78, 5) is 22.8. The summed E-state index contributed by atoms with van der Waals surface area (Å²) in [5.74, 6) is -0.199. The van der Waals surface area contributed by atoms with Gasteiger partial charge in [0.1, 0.15) is 0 Å². The monoisotopic (exact) mass is 278 g/mol. The van der Waals surface area contributed by atoms with Crippen LogP contribution in [0.3, 0.4) is 0 Å². The molecule has 1 amide bonds.